The number of allylic oxidation sites excluding steroid dienone is 2. The van der Waals surface area contributed by atoms with Gasteiger partial charge in [0.1, 0.15) is 0 Å². The maximum atomic E-state index is 4.22. The SMILES string of the molecule is C=C(C)N1c2c(Nc3ccccc3)cccc2C(C)=CC1(C)C. The molecular formula is C21H24N2. The summed E-state index contributed by atoms with van der Waals surface area (Å²) in [7, 11) is 0. The van der Waals surface area contributed by atoms with Crippen LogP contribution in [0.1, 0.15) is 33.3 Å². The molecule has 2 aromatic carbocycles. The Morgan fingerprint density at radius 3 is 2.39 bits per heavy atom. The van der Waals surface area contributed by atoms with Crippen LogP contribution in [0.15, 0.2) is 66.9 Å². The van der Waals surface area contributed by atoms with E-state index < -0.39 is 0 Å². The lowest BCUT2D eigenvalue weighted by Gasteiger charge is -2.44. The van der Waals surface area contributed by atoms with E-state index >= 15 is 0 Å². The number of nitrogens with one attached hydrogen (secondary N) is 1. The molecule has 1 aliphatic rings. The fourth-order valence-electron chi connectivity index (χ4n) is 3.52. The van der Waals surface area contributed by atoms with Gasteiger partial charge in [-0.25, -0.2) is 0 Å². The molecule has 0 spiro atoms. The van der Waals surface area contributed by atoms with Crippen LogP contribution in [0.4, 0.5) is 17.1 Å². The van der Waals surface area contributed by atoms with Crippen molar-refractivity contribution < 1.29 is 0 Å². The predicted molar refractivity (Wildman–Crippen MR) is 101 cm³/mol. The number of hydrogen-bond donors (Lipinski definition) is 1. The van der Waals surface area contributed by atoms with Gasteiger partial charge in [-0.05, 0) is 51.5 Å². The molecule has 2 aromatic rings. The van der Waals surface area contributed by atoms with Crippen molar-refractivity contribution in [2.45, 2.75) is 33.2 Å². The fraction of sp³-hybridized carbons (Fsp3) is 0.238. The quantitative estimate of drug-likeness (QED) is 0.752. The average Bonchev–Trinajstić information content (AvgIpc) is 2.48. The molecule has 0 aromatic heterocycles. The number of fused-ring (bicyclic) bond motifs is 1. The van der Waals surface area contributed by atoms with Crippen LogP contribution in [0.25, 0.3) is 5.57 Å². The van der Waals surface area contributed by atoms with Crippen LogP contribution in [-0.4, -0.2) is 5.54 Å². The number of rotatable bonds is 3. The van der Waals surface area contributed by atoms with Crippen molar-refractivity contribution in [3.8, 4) is 0 Å². The minimum Gasteiger partial charge on any atom is -0.354 e. The summed E-state index contributed by atoms with van der Waals surface area (Å²) >= 11 is 0. The van der Waals surface area contributed by atoms with Crippen LogP contribution in [0.5, 0.6) is 0 Å². The number of nitrogens with zero attached hydrogens (tertiary/aromatic N) is 1. The summed E-state index contributed by atoms with van der Waals surface area (Å²) in [5.74, 6) is 0. The van der Waals surface area contributed by atoms with E-state index in [0.29, 0.717) is 0 Å². The largest absolute Gasteiger partial charge is 0.354 e. The Kier molecular flexibility index (Phi) is 3.77. The predicted octanol–water partition coefficient (Wildman–Crippen LogP) is 5.97. The molecule has 0 fully saturated rings. The van der Waals surface area contributed by atoms with Gasteiger partial charge in [0, 0.05) is 16.9 Å². The highest BCUT2D eigenvalue weighted by atomic mass is 15.2. The number of anilines is 3. The van der Waals surface area contributed by atoms with Crippen molar-refractivity contribution in [3.63, 3.8) is 0 Å². The Hall–Kier alpha value is -2.48. The molecule has 118 valence electrons. The Morgan fingerprint density at radius 1 is 1.04 bits per heavy atom. The summed E-state index contributed by atoms with van der Waals surface area (Å²) in [6, 6.07) is 16.7. The first-order valence-electron chi connectivity index (χ1n) is 8.01. The molecule has 2 nitrogen and oxygen atoms in total. The Balaban J connectivity index is 2.17. The van der Waals surface area contributed by atoms with E-state index in [4.69, 9.17) is 0 Å². The van der Waals surface area contributed by atoms with Crippen molar-refractivity contribution in [2.24, 2.45) is 0 Å². The Bertz CT molecular complexity index is 770. The number of benzene rings is 2. The van der Waals surface area contributed by atoms with Crippen LogP contribution in [0, 0.1) is 0 Å². The first-order chi connectivity index (χ1) is 10.9. The van der Waals surface area contributed by atoms with Gasteiger partial charge in [0.25, 0.3) is 0 Å². The summed E-state index contributed by atoms with van der Waals surface area (Å²) in [5.41, 5.74) is 6.91. The second kappa shape index (κ2) is 5.62. The fourth-order valence-corrected chi connectivity index (χ4v) is 3.52. The second-order valence-corrected chi connectivity index (χ2v) is 6.74. The van der Waals surface area contributed by atoms with Gasteiger partial charge in [-0.3, -0.25) is 0 Å². The lowest BCUT2D eigenvalue weighted by Crippen LogP contribution is -2.43. The molecule has 23 heavy (non-hydrogen) atoms. The molecule has 1 aliphatic heterocycles. The van der Waals surface area contributed by atoms with Gasteiger partial charge in [0.2, 0.25) is 0 Å². The van der Waals surface area contributed by atoms with E-state index in [2.05, 4.69) is 80.9 Å². The molecular weight excluding hydrogens is 280 g/mol. The molecule has 0 saturated heterocycles. The van der Waals surface area contributed by atoms with E-state index in [1.165, 1.54) is 16.8 Å². The third kappa shape index (κ3) is 2.77. The zero-order valence-electron chi connectivity index (χ0n) is 14.4. The first-order valence-corrected chi connectivity index (χ1v) is 8.01. The van der Waals surface area contributed by atoms with Crippen LogP contribution in [-0.2, 0) is 0 Å². The summed E-state index contributed by atoms with van der Waals surface area (Å²) in [6.45, 7) is 12.9. The minimum atomic E-state index is -0.0998. The maximum Gasteiger partial charge on any atom is 0.0730 e. The third-order valence-corrected chi connectivity index (χ3v) is 4.27. The first kappa shape index (κ1) is 15.4. The molecule has 1 N–H and O–H groups in total. The standard InChI is InChI=1S/C21H24N2/c1-15(2)23-20-18(16(3)14-21(23,4)5)12-9-13-19(20)22-17-10-7-6-8-11-17/h6-14,22H,1H2,2-5H3. The molecule has 0 bridgehead atoms. The average molecular weight is 304 g/mol. The van der Waals surface area contributed by atoms with E-state index in [1.54, 1.807) is 0 Å². The summed E-state index contributed by atoms with van der Waals surface area (Å²) in [5, 5.41) is 3.57. The zero-order valence-corrected chi connectivity index (χ0v) is 14.4. The molecule has 0 radical (unpaired) electrons. The molecule has 0 saturated carbocycles. The van der Waals surface area contributed by atoms with Crippen LogP contribution in [0.2, 0.25) is 0 Å². The van der Waals surface area contributed by atoms with Crippen molar-refractivity contribution in [3.05, 3.63) is 72.4 Å². The van der Waals surface area contributed by atoms with E-state index in [1.807, 2.05) is 18.2 Å². The Labute approximate surface area is 139 Å². The van der Waals surface area contributed by atoms with Gasteiger partial charge in [-0.15, -0.1) is 0 Å². The summed E-state index contributed by atoms with van der Waals surface area (Å²) in [6.07, 6.45) is 2.32. The van der Waals surface area contributed by atoms with E-state index in [-0.39, 0.29) is 5.54 Å². The normalized spacial score (nSPS) is 15.7. The minimum absolute atomic E-state index is 0.0998. The van der Waals surface area contributed by atoms with E-state index in [9.17, 15) is 0 Å². The van der Waals surface area contributed by atoms with Gasteiger partial charge < -0.3 is 10.2 Å². The van der Waals surface area contributed by atoms with E-state index in [0.717, 1.165) is 17.1 Å². The van der Waals surface area contributed by atoms with Crippen LogP contribution in [0.3, 0.4) is 0 Å². The monoisotopic (exact) mass is 304 g/mol. The van der Waals surface area contributed by atoms with Gasteiger partial charge in [-0.1, -0.05) is 43.0 Å². The molecule has 0 atom stereocenters. The molecule has 2 heteroatoms. The van der Waals surface area contributed by atoms with Gasteiger partial charge in [0.05, 0.1) is 16.9 Å². The molecule has 1 heterocycles. The second-order valence-electron chi connectivity index (χ2n) is 6.74. The lowest BCUT2D eigenvalue weighted by molar-refractivity contribution is 0.601. The van der Waals surface area contributed by atoms with Gasteiger partial charge in [-0.2, -0.15) is 0 Å². The van der Waals surface area contributed by atoms with Gasteiger partial charge in [0.15, 0.2) is 0 Å². The smallest absolute Gasteiger partial charge is 0.0730 e. The highest BCUT2D eigenvalue weighted by Gasteiger charge is 2.33. The third-order valence-electron chi connectivity index (χ3n) is 4.27. The van der Waals surface area contributed by atoms with Crippen LogP contribution >= 0.6 is 0 Å². The topological polar surface area (TPSA) is 15.3 Å². The van der Waals surface area contributed by atoms with Crippen molar-refractivity contribution in [1.82, 2.24) is 0 Å². The lowest BCUT2D eigenvalue weighted by atomic mass is 9.87. The molecule has 0 amide bonds. The van der Waals surface area contributed by atoms with Crippen molar-refractivity contribution in [1.29, 1.82) is 0 Å². The highest BCUT2D eigenvalue weighted by molar-refractivity contribution is 5.91. The summed E-state index contributed by atoms with van der Waals surface area (Å²) in [4.78, 5) is 2.32. The molecule has 3 rings (SSSR count). The van der Waals surface area contributed by atoms with Crippen molar-refractivity contribution >= 4 is 22.6 Å². The summed E-state index contributed by atoms with van der Waals surface area (Å²) < 4.78 is 0. The zero-order chi connectivity index (χ0) is 16.6. The number of hydrogen-bond acceptors (Lipinski definition) is 2. The molecule has 0 aliphatic carbocycles. The highest BCUT2D eigenvalue weighted by Crippen LogP contribution is 2.45. The van der Waals surface area contributed by atoms with Crippen molar-refractivity contribution in [2.75, 3.05) is 10.2 Å². The van der Waals surface area contributed by atoms with Crippen LogP contribution < -0.4 is 10.2 Å². The number of para-hydroxylation sites is 2. The maximum absolute atomic E-state index is 4.22. The Morgan fingerprint density at radius 2 is 1.74 bits per heavy atom. The van der Waals surface area contributed by atoms with Gasteiger partial charge >= 0.3 is 0 Å². The molecule has 0 unspecified atom stereocenters.